The maximum absolute atomic E-state index is 13.3. The number of piperazine rings is 1. The van der Waals surface area contributed by atoms with Gasteiger partial charge in [0.2, 0.25) is 0 Å². The van der Waals surface area contributed by atoms with Gasteiger partial charge >= 0.3 is 0 Å². The standard InChI is InChI=1S/C25H29FN4S2/c1-18-6-3-4-7-22(18)28-25(31)27-19(2)24(23-8-5-17-32-23)30-15-13-29(14-16-30)21-11-9-20(26)10-12-21/h3-12,17,19,24H,13-16H2,1-2H3,(H2,27,28,31). The van der Waals surface area contributed by atoms with E-state index in [2.05, 4.69) is 57.9 Å². The van der Waals surface area contributed by atoms with Crippen molar-refractivity contribution in [3.8, 4) is 0 Å². The molecule has 1 aliphatic rings. The van der Waals surface area contributed by atoms with E-state index in [0.29, 0.717) is 5.11 Å². The SMILES string of the molecule is Cc1ccccc1NC(=S)NC(C)C(c1cccs1)N1CCN(c2ccc(F)cc2)CC1. The zero-order valence-corrected chi connectivity index (χ0v) is 20.1. The lowest BCUT2D eigenvalue weighted by Gasteiger charge is -2.42. The molecule has 168 valence electrons. The van der Waals surface area contributed by atoms with E-state index in [1.165, 1.54) is 17.0 Å². The second-order valence-corrected chi connectivity index (χ2v) is 9.55. The van der Waals surface area contributed by atoms with Crippen LogP contribution in [0.1, 0.15) is 23.4 Å². The Hall–Kier alpha value is -2.48. The fraction of sp³-hybridized carbons (Fsp3) is 0.320. The Morgan fingerprint density at radius 1 is 1.00 bits per heavy atom. The molecule has 0 radical (unpaired) electrons. The van der Waals surface area contributed by atoms with E-state index >= 15 is 0 Å². The summed E-state index contributed by atoms with van der Waals surface area (Å²) in [5, 5.41) is 9.63. The van der Waals surface area contributed by atoms with Gasteiger partial charge in [-0.2, -0.15) is 0 Å². The van der Waals surface area contributed by atoms with Gasteiger partial charge in [0.05, 0.1) is 6.04 Å². The normalized spacial score (nSPS) is 16.4. The van der Waals surface area contributed by atoms with Crippen molar-refractivity contribution in [2.24, 2.45) is 0 Å². The summed E-state index contributed by atoms with van der Waals surface area (Å²) in [5.74, 6) is -0.194. The van der Waals surface area contributed by atoms with Crippen LogP contribution in [0.15, 0.2) is 66.0 Å². The van der Waals surface area contributed by atoms with Gasteiger partial charge in [-0.1, -0.05) is 24.3 Å². The maximum atomic E-state index is 13.3. The molecule has 1 aliphatic heterocycles. The van der Waals surface area contributed by atoms with Gasteiger partial charge < -0.3 is 15.5 Å². The highest BCUT2D eigenvalue weighted by atomic mass is 32.1. The van der Waals surface area contributed by atoms with Gasteiger partial charge in [-0.05, 0) is 73.4 Å². The monoisotopic (exact) mass is 468 g/mol. The molecule has 0 saturated carbocycles. The summed E-state index contributed by atoms with van der Waals surface area (Å²) in [6.45, 7) is 7.96. The molecule has 1 aromatic heterocycles. The zero-order chi connectivity index (χ0) is 22.5. The number of hydrogen-bond donors (Lipinski definition) is 2. The summed E-state index contributed by atoms with van der Waals surface area (Å²) in [5.41, 5.74) is 3.27. The lowest BCUT2D eigenvalue weighted by Crippen LogP contribution is -2.52. The summed E-state index contributed by atoms with van der Waals surface area (Å²) in [7, 11) is 0. The van der Waals surface area contributed by atoms with Crippen LogP contribution in [-0.2, 0) is 0 Å². The molecule has 2 atom stereocenters. The molecule has 2 aromatic carbocycles. The number of nitrogens with one attached hydrogen (secondary N) is 2. The molecule has 0 amide bonds. The highest BCUT2D eigenvalue weighted by molar-refractivity contribution is 7.80. The summed E-state index contributed by atoms with van der Waals surface area (Å²) in [6, 6.07) is 19.6. The first-order chi connectivity index (χ1) is 15.5. The first-order valence-corrected chi connectivity index (χ1v) is 12.2. The second-order valence-electron chi connectivity index (χ2n) is 8.16. The molecular formula is C25H29FN4S2. The lowest BCUT2D eigenvalue weighted by atomic mass is 10.0. The molecule has 0 aliphatic carbocycles. The average molecular weight is 469 g/mol. The Bertz CT molecular complexity index is 1010. The van der Waals surface area contributed by atoms with E-state index in [9.17, 15) is 4.39 Å². The third-order valence-corrected chi connectivity index (χ3v) is 7.12. The van der Waals surface area contributed by atoms with Gasteiger partial charge in [0.1, 0.15) is 5.82 Å². The molecule has 1 fully saturated rings. The first kappa shape index (κ1) is 22.7. The van der Waals surface area contributed by atoms with E-state index in [1.807, 2.05) is 30.3 Å². The molecule has 1 saturated heterocycles. The van der Waals surface area contributed by atoms with Gasteiger partial charge in [-0.15, -0.1) is 11.3 Å². The molecular weight excluding hydrogens is 439 g/mol. The fourth-order valence-electron chi connectivity index (χ4n) is 4.27. The van der Waals surface area contributed by atoms with Crippen molar-refractivity contribution in [1.82, 2.24) is 10.2 Å². The summed E-state index contributed by atoms with van der Waals surface area (Å²) in [4.78, 5) is 6.18. The number of anilines is 2. The number of halogens is 1. The topological polar surface area (TPSA) is 30.5 Å². The van der Waals surface area contributed by atoms with Gasteiger partial charge in [0, 0.05) is 48.5 Å². The Morgan fingerprint density at radius 2 is 1.72 bits per heavy atom. The highest BCUT2D eigenvalue weighted by Crippen LogP contribution is 2.30. The van der Waals surface area contributed by atoms with Crippen molar-refractivity contribution in [3.63, 3.8) is 0 Å². The molecule has 4 rings (SSSR count). The van der Waals surface area contributed by atoms with Crippen LogP contribution in [-0.4, -0.2) is 42.2 Å². The Kier molecular flexibility index (Phi) is 7.40. The smallest absolute Gasteiger partial charge is 0.171 e. The summed E-state index contributed by atoms with van der Waals surface area (Å²) < 4.78 is 13.3. The predicted octanol–water partition coefficient (Wildman–Crippen LogP) is 5.43. The van der Waals surface area contributed by atoms with Crippen molar-refractivity contribution in [3.05, 3.63) is 82.3 Å². The van der Waals surface area contributed by atoms with Crippen molar-refractivity contribution < 1.29 is 4.39 Å². The molecule has 2 N–H and O–H groups in total. The van der Waals surface area contributed by atoms with Crippen LogP contribution in [0.5, 0.6) is 0 Å². The highest BCUT2D eigenvalue weighted by Gasteiger charge is 2.30. The van der Waals surface area contributed by atoms with E-state index in [0.717, 1.165) is 43.1 Å². The first-order valence-electron chi connectivity index (χ1n) is 10.9. The van der Waals surface area contributed by atoms with Gasteiger partial charge in [0.25, 0.3) is 0 Å². The third kappa shape index (κ3) is 5.46. The number of benzene rings is 2. The fourth-order valence-corrected chi connectivity index (χ4v) is 5.53. The maximum Gasteiger partial charge on any atom is 0.171 e. The van der Waals surface area contributed by atoms with E-state index in [-0.39, 0.29) is 17.9 Å². The number of thiophene rings is 1. The van der Waals surface area contributed by atoms with Crippen molar-refractivity contribution in [1.29, 1.82) is 0 Å². The van der Waals surface area contributed by atoms with Gasteiger partial charge in [-0.3, -0.25) is 4.90 Å². The molecule has 0 bridgehead atoms. The molecule has 2 heterocycles. The minimum absolute atomic E-state index is 0.134. The van der Waals surface area contributed by atoms with Crippen molar-refractivity contribution in [2.75, 3.05) is 36.4 Å². The quantitative estimate of drug-likeness (QED) is 0.471. The number of aryl methyl sites for hydroxylation is 1. The van der Waals surface area contributed by atoms with Gasteiger partial charge in [0.15, 0.2) is 5.11 Å². The summed E-state index contributed by atoms with van der Waals surface area (Å²) in [6.07, 6.45) is 0. The minimum atomic E-state index is -0.194. The van der Waals surface area contributed by atoms with Crippen LogP contribution in [0.2, 0.25) is 0 Å². The second kappa shape index (κ2) is 10.4. The average Bonchev–Trinajstić information content (AvgIpc) is 3.31. The Labute approximate surface area is 199 Å². The molecule has 2 unspecified atom stereocenters. The van der Waals surface area contributed by atoms with Crippen molar-refractivity contribution >= 4 is 40.0 Å². The molecule has 7 heteroatoms. The molecule has 32 heavy (non-hydrogen) atoms. The van der Waals surface area contributed by atoms with E-state index in [1.54, 1.807) is 11.3 Å². The van der Waals surface area contributed by atoms with E-state index < -0.39 is 0 Å². The molecule has 4 nitrogen and oxygen atoms in total. The lowest BCUT2D eigenvalue weighted by molar-refractivity contribution is 0.163. The summed E-state index contributed by atoms with van der Waals surface area (Å²) >= 11 is 7.42. The van der Waals surface area contributed by atoms with Crippen LogP contribution >= 0.6 is 23.6 Å². The minimum Gasteiger partial charge on any atom is -0.369 e. The third-order valence-electron chi connectivity index (χ3n) is 5.96. The molecule has 3 aromatic rings. The van der Waals surface area contributed by atoms with E-state index in [4.69, 9.17) is 12.2 Å². The van der Waals surface area contributed by atoms with Gasteiger partial charge in [-0.25, -0.2) is 4.39 Å². The van der Waals surface area contributed by atoms with Crippen LogP contribution in [0.4, 0.5) is 15.8 Å². The van der Waals surface area contributed by atoms with Crippen LogP contribution in [0.25, 0.3) is 0 Å². The Balaban J connectivity index is 1.42. The largest absolute Gasteiger partial charge is 0.369 e. The van der Waals surface area contributed by atoms with Crippen molar-refractivity contribution in [2.45, 2.75) is 25.9 Å². The van der Waals surface area contributed by atoms with Crippen LogP contribution in [0, 0.1) is 12.7 Å². The van der Waals surface area contributed by atoms with Crippen LogP contribution < -0.4 is 15.5 Å². The number of nitrogens with zero attached hydrogens (tertiary/aromatic N) is 2. The predicted molar refractivity (Wildman–Crippen MR) is 137 cm³/mol. The number of rotatable bonds is 6. The molecule has 0 spiro atoms. The zero-order valence-electron chi connectivity index (χ0n) is 18.4. The Morgan fingerprint density at radius 3 is 2.38 bits per heavy atom. The van der Waals surface area contributed by atoms with Crippen LogP contribution in [0.3, 0.4) is 0 Å². The number of hydrogen-bond acceptors (Lipinski definition) is 4. The number of para-hydroxylation sites is 1. The number of thiocarbonyl (C=S) groups is 1.